The molecule has 5 nitrogen and oxygen atoms in total. The summed E-state index contributed by atoms with van der Waals surface area (Å²) < 4.78 is 18.3. The minimum absolute atomic E-state index is 0.178. The number of Topliss-reactive ketones (excluding diaryl/α,β-unsaturated/α-hetero) is 1. The van der Waals surface area contributed by atoms with E-state index in [1.54, 1.807) is 4.90 Å². The van der Waals surface area contributed by atoms with Crippen molar-refractivity contribution in [3.05, 3.63) is 70.0 Å². The van der Waals surface area contributed by atoms with Crippen molar-refractivity contribution in [3.8, 4) is 0 Å². The summed E-state index contributed by atoms with van der Waals surface area (Å²) in [6.07, 6.45) is 0.949. The van der Waals surface area contributed by atoms with Crippen LogP contribution in [0.15, 0.2) is 36.4 Å². The topological polar surface area (TPSA) is 63.7 Å². The predicted octanol–water partition coefficient (Wildman–Crippen LogP) is 4.03. The monoisotopic (exact) mass is 411 g/mol. The van der Waals surface area contributed by atoms with E-state index >= 15 is 0 Å². The van der Waals surface area contributed by atoms with Crippen LogP contribution in [0.3, 0.4) is 0 Å². The SMILES string of the molecule is Cc1cc(C)c(C(=O)COC(=O)C2CCN(C(=O)c3ccc(F)cc3)CC2)c(C)c1. The number of hydrogen-bond donors (Lipinski definition) is 0. The van der Waals surface area contributed by atoms with E-state index in [0.717, 1.165) is 16.7 Å². The molecule has 0 bridgehead atoms. The lowest BCUT2D eigenvalue weighted by atomic mass is 9.96. The quantitative estimate of drug-likeness (QED) is 0.551. The van der Waals surface area contributed by atoms with Crippen LogP contribution in [0.25, 0.3) is 0 Å². The molecule has 30 heavy (non-hydrogen) atoms. The average Bonchev–Trinajstić information content (AvgIpc) is 2.71. The van der Waals surface area contributed by atoms with Gasteiger partial charge in [-0.05, 0) is 69.0 Å². The van der Waals surface area contributed by atoms with Gasteiger partial charge in [-0.15, -0.1) is 0 Å². The lowest BCUT2D eigenvalue weighted by Crippen LogP contribution is -2.40. The summed E-state index contributed by atoms with van der Waals surface area (Å²) in [5.41, 5.74) is 3.86. The Kier molecular flexibility index (Phi) is 6.65. The maximum atomic E-state index is 13.0. The van der Waals surface area contributed by atoms with Crippen LogP contribution in [0.2, 0.25) is 0 Å². The molecule has 1 aliphatic rings. The smallest absolute Gasteiger partial charge is 0.309 e. The first-order valence-electron chi connectivity index (χ1n) is 10.1. The first-order chi connectivity index (χ1) is 14.3. The molecule has 1 saturated heterocycles. The van der Waals surface area contributed by atoms with Crippen molar-refractivity contribution in [1.29, 1.82) is 0 Å². The summed E-state index contributed by atoms with van der Waals surface area (Å²) in [5, 5.41) is 0. The molecule has 2 aromatic rings. The average molecular weight is 411 g/mol. The number of halogens is 1. The van der Waals surface area contributed by atoms with Crippen LogP contribution >= 0.6 is 0 Å². The molecule has 1 heterocycles. The lowest BCUT2D eigenvalue weighted by Gasteiger charge is -2.31. The van der Waals surface area contributed by atoms with Crippen molar-refractivity contribution >= 4 is 17.7 Å². The fraction of sp³-hybridized carbons (Fsp3) is 0.375. The van der Waals surface area contributed by atoms with Crippen LogP contribution in [0, 0.1) is 32.5 Å². The molecule has 1 fully saturated rings. The minimum atomic E-state index is -0.403. The number of amides is 1. The summed E-state index contributed by atoms with van der Waals surface area (Å²) in [6, 6.07) is 9.31. The van der Waals surface area contributed by atoms with Gasteiger partial charge in [-0.3, -0.25) is 14.4 Å². The van der Waals surface area contributed by atoms with Crippen LogP contribution in [0.5, 0.6) is 0 Å². The van der Waals surface area contributed by atoms with Gasteiger partial charge >= 0.3 is 5.97 Å². The number of piperidine rings is 1. The van der Waals surface area contributed by atoms with Gasteiger partial charge in [0.05, 0.1) is 5.92 Å². The van der Waals surface area contributed by atoms with E-state index in [1.165, 1.54) is 24.3 Å². The van der Waals surface area contributed by atoms with Gasteiger partial charge in [-0.2, -0.15) is 0 Å². The van der Waals surface area contributed by atoms with Gasteiger partial charge in [0.25, 0.3) is 5.91 Å². The van der Waals surface area contributed by atoms with E-state index in [4.69, 9.17) is 4.74 Å². The van der Waals surface area contributed by atoms with Crippen LogP contribution in [0.4, 0.5) is 4.39 Å². The van der Waals surface area contributed by atoms with E-state index in [-0.39, 0.29) is 24.2 Å². The van der Waals surface area contributed by atoms with Gasteiger partial charge in [0.1, 0.15) is 5.82 Å². The van der Waals surface area contributed by atoms with Crippen molar-refractivity contribution in [1.82, 2.24) is 4.90 Å². The first kappa shape index (κ1) is 21.7. The highest BCUT2D eigenvalue weighted by atomic mass is 19.1. The minimum Gasteiger partial charge on any atom is -0.457 e. The second kappa shape index (κ2) is 9.20. The molecular weight excluding hydrogens is 385 g/mol. The number of ether oxygens (including phenoxy) is 1. The van der Waals surface area contributed by atoms with Crippen molar-refractivity contribution < 1.29 is 23.5 Å². The molecule has 0 unspecified atom stereocenters. The zero-order valence-electron chi connectivity index (χ0n) is 17.5. The molecule has 1 amide bonds. The number of nitrogens with zero attached hydrogens (tertiary/aromatic N) is 1. The molecule has 6 heteroatoms. The molecule has 0 atom stereocenters. The molecule has 0 aliphatic carbocycles. The van der Waals surface area contributed by atoms with Crippen LogP contribution in [-0.2, 0) is 9.53 Å². The Morgan fingerprint density at radius 3 is 2.13 bits per heavy atom. The standard InChI is InChI=1S/C24H26FNO4/c1-15-12-16(2)22(17(3)13-15)21(27)14-30-24(29)19-8-10-26(11-9-19)23(28)18-4-6-20(25)7-5-18/h4-7,12-13,19H,8-11,14H2,1-3H3. The Morgan fingerprint density at radius 2 is 1.57 bits per heavy atom. The molecule has 158 valence electrons. The molecule has 0 spiro atoms. The second-order valence-corrected chi connectivity index (χ2v) is 7.88. The Hall–Kier alpha value is -3.02. The highest BCUT2D eigenvalue weighted by Crippen LogP contribution is 2.22. The van der Waals surface area contributed by atoms with Crippen molar-refractivity contribution in [3.63, 3.8) is 0 Å². The molecule has 3 rings (SSSR count). The number of benzene rings is 2. The highest BCUT2D eigenvalue weighted by molar-refractivity contribution is 6.00. The number of aryl methyl sites for hydroxylation is 3. The molecule has 0 N–H and O–H groups in total. The number of rotatable bonds is 5. The van der Waals surface area contributed by atoms with Gasteiger partial charge in [-0.1, -0.05) is 17.7 Å². The van der Waals surface area contributed by atoms with Gasteiger partial charge in [0, 0.05) is 24.2 Å². The Bertz CT molecular complexity index is 937. The van der Waals surface area contributed by atoms with Gasteiger partial charge < -0.3 is 9.64 Å². The molecule has 1 aliphatic heterocycles. The maximum Gasteiger partial charge on any atom is 0.309 e. The van der Waals surface area contributed by atoms with Crippen LogP contribution < -0.4 is 0 Å². The first-order valence-corrected chi connectivity index (χ1v) is 10.1. The summed E-state index contributed by atoms with van der Waals surface area (Å²) in [4.78, 5) is 39.1. The third-order valence-electron chi connectivity index (χ3n) is 5.51. The molecule has 0 aromatic heterocycles. The van der Waals surface area contributed by atoms with Gasteiger partial charge in [-0.25, -0.2) is 4.39 Å². The van der Waals surface area contributed by atoms with Gasteiger partial charge in [0.15, 0.2) is 6.61 Å². The maximum absolute atomic E-state index is 13.0. The third-order valence-corrected chi connectivity index (χ3v) is 5.51. The lowest BCUT2D eigenvalue weighted by molar-refractivity contribution is -0.148. The Balaban J connectivity index is 1.51. The fourth-order valence-corrected chi connectivity index (χ4v) is 4.04. The Morgan fingerprint density at radius 1 is 1.00 bits per heavy atom. The van der Waals surface area contributed by atoms with E-state index < -0.39 is 11.8 Å². The Labute approximate surface area is 175 Å². The predicted molar refractivity (Wildman–Crippen MR) is 111 cm³/mol. The zero-order valence-corrected chi connectivity index (χ0v) is 17.5. The van der Waals surface area contributed by atoms with Crippen LogP contribution in [-0.4, -0.2) is 42.3 Å². The van der Waals surface area contributed by atoms with Crippen LogP contribution in [0.1, 0.15) is 50.2 Å². The molecule has 0 saturated carbocycles. The fourth-order valence-electron chi connectivity index (χ4n) is 4.04. The number of esters is 1. The zero-order chi connectivity index (χ0) is 21.8. The number of ketones is 1. The summed E-state index contributed by atoms with van der Waals surface area (Å²) in [7, 11) is 0. The van der Waals surface area contributed by atoms with E-state index in [1.807, 2.05) is 32.9 Å². The molecule has 0 radical (unpaired) electrons. The third kappa shape index (κ3) is 4.93. The normalized spacial score (nSPS) is 14.5. The van der Waals surface area contributed by atoms with E-state index in [9.17, 15) is 18.8 Å². The van der Waals surface area contributed by atoms with Crippen molar-refractivity contribution in [2.45, 2.75) is 33.6 Å². The highest BCUT2D eigenvalue weighted by Gasteiger charge is 2.29. The number of carbonyl (C=O) groups excluding carboxylic acids is 3. The van der Waals surface area contributed by atoms with Crippen molar-refractivity contribution in [2.75, 3.05) is 19.7 Å². The second-order valence-electron chi connectivity index (χ2n) is 7.88. The molecule has 2 aromatic carbocycles. The molecular formula is C24H26FNO4. The summed E-state index contributed by atoms with van der Waals surface area (Å²) in [5.74, 6) is -1.52. The summed E-state index contributed by atoms with van der Waals surface area (Å²) in [6.45, 7) is 6.28. The number of hydrogen-bond acceptors (Lipinski definition) is 4. The number of carbonyl (C=O) groups is 3. The number of likely N-dealkylation sites (tertiary alicyclic amines) is 1. The van der Waals surface area contributed by atoms with E-state index in [2.05, 4.69) is 0 Å². The van der Waals surface area contributed by atoms with E-state index in [0.29, 0.717) is 37.1 Å². The van der Waals surface area contributed by atoms with Gasteiger partial charge in [0.2, 0.25) is 5.78 Å². The van der Waals surface area contributed by atoms with Crippen molar-refractivity contribution in [2.24, 2.45) is 5.92 Å². The summed E-state index contributed by atoms with van der Waals surface area (Å²) >= 11 is 0. The largest absolute Gasteiger partial charge is 0.457 e.